The van der Waals surface area contributed by atoms with Crippen LogP contribution in [0.2, 0.25) is 0 Å². The fourth-order valence-corrected chi connectivity index (χ4v) is 1.65. The summed E-state index contributed by atoms with van der Waals surface area (Å²) in [7, 11) is 0. The molecule has 1 aliphatic rings. The van der Waals surface area contributed by atoms with Crippen molar-refractivity contribution in [2.75, 3.05) is 6.61 Å². The Hall–Kier alpha value is -0.790. The molecule has 0 saturated heterocycles. The summed E-state index contributed by atoms with van der Waals surface area (Å²) in [4.78, 5) is 10.5. The lowest BCUT2D eigenvalue weighted by molar-refractivity contribution is -0.140. The lowest BCUT2D eigenvalue weighted by atomic mass is 10.00. The zero-order valence-electron chi connectivity index (χ0n) is 7.64. The van der Waals surface area contributed by atoms with E-state index in [2.05, 4.69) is 6.58 Å². The van der Waals surface area contributed by atoms with Gasteiger partial charge in [-0.1, -0.05) is 19.4 Å². The summed E-state index contributed by atoms with van der Waals surface area (Å²) in [5.41, 5.74) is 1.09. The first kappa shape index (κ1) is 9.30. The fourth-order valence-electron chi connectivity index (χ4n) is 1.65. The third kappa shape index (κ3) is 2.68. The van der Waals surface area contributed by atoms with Crippen LogP contribution in [0.4, 0.5) is 0 Å². The van der Waals surface area contributed by atoms with E-state index in [-0.39, 0.29) is 5.97 Å². The largest absolute Gasteiger partial charge is 0.461 e. The molecule has 2 heteroatoms. The van der Waals surface area contributed by atoms with Gasteiger partial charge in [0.2, 0.25) is 0 Å². The van der Waals surface area contributed by atoms with Crippen LogP contribution in [0.1, 0.15) is 32.6 Å². The zero-order valence-corrected chi connectivity index (χ0v) is 7.64. The van der Waals surface area contributed by atoms with Crippen molar-refractivity contribution in [1.29, 1.82) is 0 Å². The Morgan fingerprint density at radius 2 is 2.08 bits per heavy atom. The van der Waals surface area contributed by atoms with Gasteiger partial charge in [0.15, 0.2) is 0 Å². The summed E-state index contributed by atoms with van der Waals surface area (Å²) in [6, 6.07) is 0. The molecule has 0 N–H and O–H groups in total. The highest BCUT2D eigenvalue weighted by Crippen LogP contribution is 2.30. The second-order valence-corrected chi connectivity index (χ2v) is 3.42. The summed E-state index contributed by atoms with van der Waals surface area (Å²) in [6.07, 6.45) is 5.04. The molecule has 0 heterocycles. The molecule has 0 aromatic carbocycles. The van der Waals surface area contributed by atoms with E-state index in [1.165, 1.54) is 32.6 Å². The number of hydrogen-bond acceptors (Lipinski definition) is 2. The summed E-state index contributed by atoms with van der Waals surface area (Å²) >= 11 is 0. The normalized spacial score (nSPS) is 17.8. The van der Waals surface area contributed by atoms with Gasteiger partial charge in [-0.25, -0.2) is 0 Å². The van der Waals surface area contributed by atoms with E-state index in [9.17, 15) is 4.79 Å². The maximum Gasteiger partial charge on any atom is 0.302 e. The van der Waals surface area contributed by atoms with Crippen molar-refractivity contribution in [1.82, 2.24) is 0 Å². The van der Waals surface area contributed by atoms with Crippen LogP contribution in [0.5, 0.6) is 0 Å². The third-order valence-corrected chi connectivity index (χ3v) is 2.39. The maximum absolute atomic E-state index is 10.5. The molecule has 0 unspecified atom stereocenters. The Bertz CT molecular complexity index is 178. The van der Waals surface area contributed by atoms with Crippen LogP contribution >= 0.6 is 0 Å². The standard InChI is InChI=1S/C10H16O2/c1-8(7-12-9(2)11)10-5-3-4-6-10/h10H,1,3-7H2,2H3. The van der Waals surface area contributed by atoms with Crippen LogP contribution in [0.25, 0.3) is 0 Å². The minimum Gasteiger partial charge on any atom is -0.461 e. The van der Waals surface area contributed by atoms with E-state index in [4.69, 9.17) is 4.74 Å². The first-order chi connectivity index (χ1) is 5.70. The van der Waals surface area contributed by atoms with Crippen LogP contribution in [-0.4, -0.2) is 12.6 Å². The van der Waals surface area contributed by atoms with Gasteiger partial charge in [0.05, 0.1) is 0 Å². The first-order valence-electron chi connectivity index (χ1n) is 4.51. The molecular weight excluding hydrogens is 152 g/mol. The molecule has 0 aliphatic heterocycles. The van der Waals surface area contributed by atoms with Crippen molar-refractivity contribution in [2.24, 2.45) is 5.92 Å². The molecule has 0 aromatic heterocycles. The summed E-state index contributed by atoms with van der Waals surface area (Å²) in [5, 5.41) is 0. The summed E-state index contributed by atoms with van der Waals surface area (Å²) in [5.74, 6) is 0.387. The topological polar surface area (TPSA) is 26.3 Å². The fraction of sp³-hybridized carbons (Fsp3) is 0.700. The first-order valence-corrected chi connectivity index (χ1v) is 4.51. The van der Waals surface area contributed by atoms with Crippen molar-refractivity contribution >= 4 is 5.97 Å². The molecule has 1 saturated carbocycles. The number of carbonyl (C=O) groups is 1. The molecule has 12 heavy (non-hydrogen) atoms. The number of hydrogen-bond donors (Lipinski definition) is 0. The quantitative estimate of drug-likeness (QED) is 0.477. The van der Waals surface area contributed by atoms with Crippen LogP contribution < -0.4 is 0 Å². The van der Waals surface area contributed by atoms with Gasteiger partial charge in [0.25, 0.3) is 0 Å². The number of esters is 1. The zero-order chi connectivity index (χ0) is 8.97. The average molecular weight is 168 g/mol. The number of carbonyl (C=O) groups excluding carboxylic acids is 1. The van der Waals surface area contributed by atoms with Crippen LogP contribution in [0, 0.1) is 5.92 Å². The molecule has 0 aromatic rings. The van der Waals surface area contributed by atoms with Gasteiger partial charge >= 0.3 is 5.97 Å². The Balaban J connectivity index is 2.23. The third-order valence-electron chi connectivity index (χ3n) is 2.39. The SMILES string of the molecule is C=C(COC(C)=O)C1CCCC1. The van der Waals surface area contributed by atoms with Crippen molar-refractivity contribution in [3.8, 4) is 0 Å². The molecule has 0 spiro atoms. The van der Waals surface area contributed by atoms with Gasteiger partial charge in [-0.3, -0.25) is 4.79 Å². The smallest absolute Gasteiger partial charge is 0.302 e. The molecule has 1 fully saturated rings. The van der Waals surface area contributed by atoms with E-state index >= 15 is 0 Å². The molecule has 1 rings (SSSR count). The second kappa shape index (κ2) is 4.29. The Kier molecular flexibility index (Phi) is 3.32. The molecule has 0 amide bonds. The van der Waals surface area contributed by atoms with Gasteiger partial charge in [-0.15, -0.1) is 0 Å². The van der Waals surface area contributed by atoms with E-state index in [0.717, 1.165) is 5.57 Å². The number of rotatable bonds is 3. The van der Waals surface area contributed by atoms with Crippen molar-refractivity contribution < 1.29 is 9.53 Å². The molecule has 0 bridgehead atoms. The lowest BCUT2D eigenvalue weighted by Crippen LogP contribution is -2.08. The Morgan fingerprint density at radius 3 is 2.58 bits per heavy atom. The van der Waals surface area contributed by atoms with E-state index in [1.54, 1.807) is 0 Å². The van der Waals surface area contributed by atoms with Crippen LogP contribution in [-0.2, 0) is 9.53 Å². The van der Waals surface area contributed by atoms with Gasteiger partial charge in [-0.05, 0) is 24.3 Å². The highest BCUT2D eigenvalue weighted by Gasteiger charge is 2.18. The van der Waals surface area contributed by atoms with Crippen LogP contribution in [0.3, 0.4) is 0 Å². The maximum atomic E-state index is 10.5. The average Bonchev–Trinajstić information content (AvgIpc) is 2.51. The van der Waals surface area contributed by atoms with Gasteiger partial charge < -0.3 is 4.74 Å². The molecule has 68 valence electrons. The summed E-state index contributed by atoms with van der Waals surface area (Å²) in [6.45, 7) is 5.78. The van der Waals surface area contributed by atoms with Crippen molar-refractivity contribution in [2.45, 2.75) is 32.6 Å². The van der Waals surface area contributed by atoms with E-state index in [0.29, 0.717) is 12.5 Å². The van der Waals surface area contributed by atoms with Gasteiger partial charge in [-0.2, -0.15) is 0 Å². The van der Waals surface area contributed by atoms with Crippen molar-refractivity contribution in [3.05, 3.63) is 12.2 Å². The Labute approximate surface area is 73.6 Å². The van der Waals surface area contributed by atoms with E-state index in [1.807, 2.05) is 0 Å². The molecular formula is C10H16O2. The Morgan fingerprint density at radius 1 is 1.50 bits per heavy atom. The molecule has 2 nitrogen and oxygen atoms in total. The lowest BCUT2D eigenvalue weighted by Gasteiger charge is -2.11. The monoisotopic (exact) mass is 168 g/mol. The molecule has 1 aliphatic carbocycles. The molecule has 0 radical (unpaired) electrons. The second-order valence-electron chi connectivity index (χ2n) is 3.42. The molecule has 0 atom stereocenters. The summed E-state index contributed by atoms with van der Waals surface area (Å²) < 4.78 is 4.88. The highest BCUT2D eigenvalue weighted by atomic mass is 16.5. The predicted molar refractivity (Wildman–Crippen MR) is 47.7 cm³/mol. The minimum atomic E-state index is -0.214. The van der Waals surface area contributed by atoms with Crippen molar-refractivity contribution in [3.63, 3.8) is 0 Å². The van der Waals surface area contributed by atoms with Gasteiger partial charge in [0.1, 0.15) is 6.61 Å². The number of ether oxygens (including phenoxy) is 1. The minimum absolute atomic E-state index is 0.214. The van der Waals surface area contributed by atoms with E-state index < -0.39 is 0 Å². The van der Waals surface area contributed by atoms with Gasteiger partial charge in [0, 0.05) is 6.92 Å². The highest BCUT2D eigenvalue weighted by molar-refractivity contribution is 5.66. The van der Waals surface area contributed by atoms with Crippen LogP contribution in [0.15, 0.2) is 12.2 Å². The predicted octanol–water partition coefficient (Wildman–Crippen LogP) is 2.30.